The first kappa shape index (κ1) is 24.5. The molecule has 12 heteroatoms. The van der Waals surface area contributed by atoms with Crippen LogP contribution < -0.4 is 0 Å². The van der Waals surface area contributed by atoms with Crippen LogP contribution in [0.15, 0.2) is 25.2 Å². The fraction of sp³-hybridized carbons (Fsp3) is 0.556. The van der Waals surface area contributed by atoms with E-state index in [4.69, 9.17) is 0 Å². The zero-order valence-corrected chi connectivity index (χ0v) is 10.1. The Balaban J connectivity index is -0.000000394. The lowest BCUT2D eigenvalue weighted by Gasteiger charge is -2.30. The molecule has 1 unspecified atom stereocenters. The Morgan fingerprint density at radius 3 is 1.38 bits per heavy atom. The SMILES string of the molecule is C=C(F)OC(F)(F)C(C)(F)C(F)(F)F.C=CC(F)(F)F.F. The summed E-state index contributed by atoms with van der Waals surface area (Å²) >= 11 is 0. The quantitative estimate of drug-likeness (QED) is 0.388. The molecular formula is C9H9F11O. The lowest BCUT2D eigenvalue weighted by atomic mass is 10.1. The van der Waals surface area contributed by atoms with Gasteiger partial charge in [0.15, 0.2) is 0 Å². The highest BCUT2D eigenvalue weighted by molar-refractivity contribution is 4.92. The van der Waals surface area contributed by atoms with Crippen molar-refractivity contribution < 1.29 is 53.3 Å². The van der Waals surface area contributed by atoms with E-state index in [1.165, 1.54) is 0 Å². The predicted molar refractivity (Wildman–Crippen MR) is 50.6 cm³/mol. The lowest BCUT2D eigenvalue weighted by molar-refractivity contribution is -0.370. The molecule has 0 rings (SSSR count). The molecule has 128 valence electrons. The molecule has 0 fully saturated rings. The molecule has 1 atom stereocenters. The summed E-state index contributed by atoms with van der Waals surface area (Å²) in [7, 11) is 0. The summed E-state index contributed by atoms with van der Waals surface area (Å²) in [4.78, 5) is 0. The van der Waals surface area contributed by atoms with E-state index in [1.54, 1.807) is 0 Å². The van der Waals surface area contributed by atoms with E-state index in [-0.39, 0.29) is 10.8 Å². The van der Waals surface area contributed by atoms with E-state index < -0.39 is 37.1 Å². The van der Waals surface area contributed by atoms with Gasteiger partial charge in [-0.1, -0.05) is 6.58 Å². The third-order valence-corrected chi connectivity index (χ3v) is 1.55. The molecule has 0 aromatic carbocycles. The molecule has 0 aliphatic heterocycles. The van der Waals surface area contributed by atoms with Crippen molar-refractivity contribution in [3.05, 3.63) is 25.2 Å². The minimum absolute atomic E-state index is 0. The summed E-state index contributed by atoms with van der Waals surface area (Å²) in [5, 5.41) is 0. The van der Waals surface area contributed by atoms with Crippen molar-refractivity contribution >= 4 is 0 Å². The summed E-state index contributed by atoms with van der Waals surface area (Å²) in [5.74, 6) is 0. The Morgan fingerprint density at radius 1 is 0.952 bits per heavy atom. The highest BCUT2D eigenvalue weighted by Crippen LogP contribution is 2.46. The maximum Gasteiger partial charge on any atom is 0.443 e. The van der Waals surface area contributed by atoms with Crippen LogP contribution in [-0.2, 0) is 4.74 Å². The van der Waals surface area contributed by atoms with Gasteiger partial charge in [0.1, 0.15) is 0 Å². The third-order valence-electron chi connectivity index (χ3n) is 1.55. The average molecular weight is 342 g/mol. The van der Waals surface area contributed by atoms with Crippen LogP contribution in [0, 0.1) is 0 Å². The zero-order chi connectivity index (χ0) is 17.0. The first-order valence-corrected chi connectivity index (χ1v) is 4.35. The van der Waals surface area contributed by atoms with Gasteiger partial charge in [-0.25, -0.2) is 4.39 Å². The minimum atomic E-state index is -5.88. The van der Waals surface area contributed by atoms with E-state index in [9.17, 15) is 43.9 Å². The molecule has 0 amide bonds. The molecule has 0 aromatic rings. The predicted octanol–water partition coefficient (Wildman–Crippen LogP) is 5.21. The lowest BCUT2D eigenvalue weighted by Crippen LogP contribution is -2.54. The Morgan fingerprint density at radius 2 is 1.24 bits per heavy atom. The summed E-state index contributed by atoms with van der Waals surface area (Å²) in [6.45, 7) is 4.18. The number of allylic oxidation sites excluding steroid dienone is 1. The largest absolute Gasteiger partial charge is 0.443 e. The molecular weight excluding hydrogens is 333 g/mol. The van der Waals surface area contributed by atoms with Crippen molar-refractivity contribution in [3.8, 4) is 0 Å². The van der Waals surface area contributed by atoms with Crippen molar-refractivity contribution in [2.75, 3.05) is 0 Å². The van der Waals surface area contributed by atoms with Crippen molar-refractivity contribution in [2.45, 2.75) is 31.1 Å². The summed E-state index contributed by atoms with van der Waals surface area (Å²) < 4.78 is 119. The van der Waals surface area contributed by atoms with Gasteiger partial charge in [-0.2, -0.15) is 39.5 Å². The van der Waals surface area contributed by atoms with Gasteiger partial charge in [0.05, 0.1) is 0 Å². The Labute approximate surface area is 111 Å². The molecule has 0 heterocycles. The maximum absolute atomic E-state index is 12.5. The van der Waals surface area contributed by atoms with Gasteiger partial charge in [-0.05, 0) is 13.5 Å². The fourth-order valence-corrected chi connectivity index (χ4v) is 0.400. The molecule has 0 spiro atoms. The van der Waals surface area contributed by atoms with Gasteiger partial charge in [0.25, 0.3) is 6.01 Å². The van der Waals surface area contributed by atoms with Crippen LogP contribution in [0.1, 0.15) is 6.92 Å². The normalized spacial score (nSPS) is 14.8. The summed E-state index contributed by atoms with van der Waals surface area (Å²) in [5.41, 5.74) is -4.99. The molecule has 0 radical (unpaired) electrons. The van der Waals surface area contributed by atoms with Crippen LogP contribution in [0.4, 0.5) is 48.6 Å². The highest BCUT2D eigenvalue weighted by Gasteiger charge is 2.70. The number of hydrogen-bond donors (Lipinski definition) is 0. The second kappa shape index (κ2) is 7.50. The monoisotopic (exact) mass is 342 g/mol. The van der Waals surface area contributed by atoms with Crippen molar-refractivity contribution in [3.63, 3.8) is 0 Å². The standard InChI is InChI=1S/C6H5F7O.C3H3F3.FH/c1-3(7)14-6(12,13)4(2,8)5(9,10)11;1-2-3(4,5)6;/h1H2,2H3;2H,1H2;1H. The topological polar surface area (TPSA) is 9.23 Å². The second-order valence-electron chi connectivity index (χ2n) is 3.22. The van der Waals surface area contributed by atoms with E-state index >= 15 is 0 Å². The molecule has 0 saturated carbocycles. The van der Waals surface area contributed by atoms with Gasteiger partial charge in [0, 0.05) is 6.08 Å². The first-order valence-electron chi connectivity index (χ1n) is 4.35. The van der Waals surface area contributed by atoms with Gasteiger partial charge < -0.3 is 4.74 Å². The Hall–Kier alpha value is -1.49. The van der Waals surface area contributed by atoms with Gasteiger partial charge in [-0.15, -0.1) is 0 Å². The van der Waals surface area contributed by atoms with Crippen molar-refractivity contribution in [2.24, 2.45) is 0 Å². The number of alkyl halides is 9. The van der Waals surface area contributed by atoms with Crippen LogP contribution in [0.2, 0.25) is 0 Å². The summed E-state index contributed by atoms with van der Waals surface area (Å²) in [6, 6.07) is -2.21. The highest BCUT2D eigenvalue weighted by atomic mass is 19.4. The smallest absolute Gasteiger partial charge is 0.404 e. The Kier molecular flexibility index (Phi) is 8.76. The van der Waals surface area contributed by atoms with Crippen LogP contribution in [-0.4, -0.2) is 24.1 Å². The average Bonchev–Trinajstić information content (AvgIpc) is 2.13. The molecule has 0 saturated heterocycles. The van der Waals surface area contributed by atoms with E-state index in [0.717, 1.165) is 0 Å². The number of ether oxygens (including phenoxy) is 1. The molecule has 21 heavy (non-hydrogen) atoms. The van der Waals surface area contributed by atoms with E-state index in [1.807, 2.05) is 0 Å². The van der Waals surface area contributed by atoms with E-state index in [0.29, 0.717) is 0 Å². The molecule has 0 aliphatic rings. The van der Waals surface area contributed by atoms with Crippen molar-refractivity contribution in [1.29, 1.82) is 0 Å². The molecule has 0 N–H and O–H groups in total. The number of halogens is 11. The van der Waals surface area contributed by atoms with E-state index in [2.05, 4.69) is 17.9 Å². The number of hydrogen-bond acceptors (Lipinski definition) is 1. The van der Waals surface area contributed by atoms with Gasteiger partial charge in [0.2, 0.25) is 0 Å². The maximum atomic E-state index is 12.5. The van der Waals surface area contributed by atoms with Gasteiger partial charge >= 0.3 is 24.1 Å². The van der Waals surface area contributed by atoms with Crippen LogP contribution in [0.3, 0.4) is 0 Å². The zero-order valence-electron chi connectivity index (χ0n) is 10.1. The first-order chi connectivity index (χ1) is 8.48. The molecule has 0 bridgehead atoms. The fourth-order valence-electron chi connectivity index (χ4n) is 0.400. The third kappa shape index (κ3) is 8.40. The molecule has 0 aromatic heterocycles. The molecule has 1 nitrogen and oxygen atoms in total. The van der Waals surface area contributed by atoms with Crippen LogP contribution in [0.25, 0.3) is 0 Å². The van der Waals surface area contributed by atoms with Crippen LogP contribution in [0.5, 0.6) is 0 Å². The second-order valence-corrected chi connectivity index (χ2v) is 3.22. The minimum Gasteiger partial charge on any atom is -0.404 e. The van der Waals surface area contributed by atoms with Gasteiger partial charge in [-0.3, -0.25) is 4.70 Å². The van der Waals surface area contributed by atoms with Crippen molar-refractivity contribution in [1.82, 2.24) is 0 Å². The van der Waals surface area contributed by atoms with Crippen LogP contribution >= 0.6 is 0 Å². The number of rotatable bonds is 3. The molecule has 0 aliphatic carbocycles. The Bertz CT molecular complexity index is 339. The summed E-state index contributed by atoms with van der Waals surface area (Å²) in [6.07, 6.45) is -15.5.